The number of aromatic nitrogens is 1. The van der Waals surface area contributed by atoms with Crippen LogP contribution < -0.4 is 10.1 Å². The molecular formula is C18H13BrN2O2. The number of carbonyl (C=O) groups is 1. The van der Waals surface area contributed by atoms with Gasteiger partial charge in [-0.2, -0.15) is 0 Å². The van der Waals surface area contributed by atoms with Gasteiger partial charge in [-0.1, -0.05) is 28.1 Å². The fourth-order valence-electron chi connectivity index (χ4n) is 1.97. The van der Waals surface area contributed by atoms with E-state index in [0.717, 1.165) is 10.2 Å². The van der Waals surface area contributed by atoms with Crippen LogP contribution in [0.2, 0.25) is 0 Å². The lowest BCUT2D eigenvalue weighted by molar-refractivity contribution is 0.102. The molecule has 0 saturated carbocycles. The van der Waals surface area contributed by atoms with E-state index in [0.29, 0.717) is 17.2 Å². The number of nitrogens with one attached hydrogen (secondary N) is 1. The summed E-state index contributed by atoms with van der Waals surface area (Å²) < 4.78 is 6.60. The summed E-state index contributed by atoms with van der Waals surface area (Å²) >= 11 is 3.36. The average Bonchev–Trinajstić information content (AvgIpc) is 2.58. The van der Waals surface area contributed by atoms with Crippen LogP contribution in [0.4, 0.5) is 5.69 Å². The van der Waals surface area contributed by atoms with Gasteiger partial charge in [0.25, 0.3) is 5.91 Å². The standard InChI is InChI=1S/C18H13BrN2O2/c19-14-7-9-15(10-8-14)21-18(22)13-4-3-5-16(12-13)23-17-6-1-2-11-20-17/h1-12H,(H,21,22). The molecule has 0 fully saturated rings. The SMILES string of the molecule is O=C(Nc1ccc(Br)cc1)c1cccc(Oc2ccccn2)c1. The summed E-state index contributed by atoms with van der Waals surface area (Å²) in [4.78, 5) is 16.4. The first-order chi connectivity index (χ1) is 11.2. The number of amides is 1. The Labute approximate surface area is 142 Å². The molecule has 23 heavy (non-hydrogen) atoms. The summed E-state index contributed by atoms with van der Waals surface area (Å²) in [7, 11) is 0. The van der Waals surface area contributed by atoms with E-state index in [2.05, 4.69) is 26.2 Å². The molecule has 0 spiro atoms. The third-order valence-corrected chi connectivity index (χ3v) is 3.59. The number of nitrogens with zero attached hydrogens (tertiary/aromatic N) is 1. The summed E-state index contributed by atoms with van der Waals surface area (Å²) in [5.41, 5.74) is 1.25. The van der Waals surface area contributed by atoms with Crippen molar-refractivity contribution in [2.45, 2.75) is 0 Å². The van der Waals surface area contributed by atoms with E-state index in [9.17, 15) is 4.79 Å². The largest absolute Gasteiger partial charge is 0.439 e. The van der Waals surface area contributed by atoms with Gasteiger partial charge in [-0.3, -0.25) is 4.79 Å². The van der Waals surface area contributed by atoms with E-state index in [1.807, 2.05) is 36.4 Å². The third-order valence-electron chi connectivity index (χ3n) is 3.06. The van der Waals surface area contributed by atoms with Crippen molar-refractivity contribution < 1.29 is 9.53 Å². The number of pyridine rings is 1. The Bertz CT molecular complexity index is 805. The van der Waals surface area contributed by atoms with Gasteiger partial charge in [-0.25, -0.2) is 4.98 Å². The molecule has 1 aromatic heterocycles. The molecule has 0 saturated heterocycles. The quantitative estimate of drug-likeness (QED) is 0.713. The van der Waals surface area contributed by atoms with Crippen molar-refractivity contribution in [3.05, 3.63) is 83.0 Å². The molecule has 114 valence electrons. The summed E-state index contributed by atoms with van der Waals surface area (Å²) in [6.45, 7) is 0. The van der Waals surface area contributed by atoms with Crippen LogP contribution in [0.5, 0.6) is 11.6 Å². The number of halogens is 1. The molecule has 0 bridgehead atoms. The Morgan fingerprint density at radius 1 is 1.00 bits per heavy atom. The number of carbonyl (C=O) groups excluding carboxylic acids is 1. The second kappa shape index (κ2) is 7.07. The number of benzene rings is 2. The highest BCUT2D eigenvalue weighted by molar-refractivity contribution is 9.10. The minimum atomic E-state index is -0.196. The number of ether oxygens (including phenoxy) is 1. The minimum Gasteiger partial charge on any atom is -0.439 e. The molecule has 0 radical (unpaired) electrons. The maximum Gasteiger partial charge on any atom is 0.255 e. The van der Waals surface area contributed by atoms with Gasteiger partial charge in [-0.15, -0.1) is 0 Å². The van der Waals surface area contributed by atoms with E-state index in [-0.39, 0.29) is 5.91 Å². The van der Waals surface area contributed by atoms with Crippen LogP contribution in [-0.4, -0.2) is 10.9 Å². The smallest absolute Gasteiger partial charge is 0.255 e. The molecule has 2 aromatic carbocycles. The summed E-state index contributed by atoms with van der Waals surface area (Å²) in [5, 5.41) is 2.85. The molecule has 0 aliphatic rings. The Morgan fingerprint density at radius 3 is 2.57 bits per heavy atom. The van der Waals surface area contributed by atoms with Crippen LogP contribution in [0.1, 0.15) is 10.4 Å². The molecule has 1 amide bonds. The zero-order valence-electron chi connectivity index (χ0n) is 12.1. The predicted molar refractivity (Wildman–Crippen MR) is 92.8 cm³/mol. The third kappa shape index (κ3) is 4.17. The van der Waals surface area contributed by atoms with Crippen LogP contribution in [0.25, 0.3) is 0 Å². The van der Waals surface area contributed by atoms with Crippen molar-refractivity contribution in [2.24, 2.45) is 0 Å². The van der Waals surface area contributed by atoms with Crippen LogP contribution in [0, 0.1) is 0 Å². The summed E-state index contributed by atoms with van der Waals surface area (Å²) in [5.74, 6) is 0.851. The van der Waals surface area contributed by atoms with Gasteiger partial charge < -0.3 is 10.1 Å². The van der Waals surface area contributed by atoms with Crippen molar-refractivity contribution in [1.82, 2.24) is 4.98 Å². The van der Waals surface area contributed by atoms with E-state index in [4.69, 9.17) is 4.74 Å². The molecule has 1 N–H and O–H groups in total. The maximum atomic E-state index is 12.3. The van der Waals surface area contributed by atoms with E-state index >= 15 is 0 Å². The van der Waals surface area contributed by atoms with Crippen molar-refractivity contribution >= 4 is 27.5 Å². The zero-order chi connectivity index (χ0) is 16.1. The Kier molecular flexibility index (Phi) is 4.68. The molecule has 0 aliphatic carbocycles. The molecule has 1 heterocycles. The Hall–Kier alpha value is -2.66. The highest BCUT2D eigenvalue weighted by atomic mass is 79.9. The van der Waals surface area contributed by atoms with Crippen molar-refractivity contribution in [3.63, 3.8) is 0 Å². The van der Waals surface area contributed by atoms with Crippen LogP contribution in [-0.2, 0) is 0 Å². The molecule has 3 rings (SSSR count). The molecular weight excluding hydrogens is 356 g/mol. The first kappa shape index (κ1) is 15.2. The van der Waals surface area contributed by atoms with Crippen LogP contribution >= 0.6 is 15.9 Å². The normalized spacial score (nSPS) is 10.1. The maximum absolute atomic E-state index is 12.3. The molecule has 0 atom stereocenters. The van der Waals surface area contributed by atoms with Gasteiger partial charge >= 0.3 is 0 Å². The highest BCUT2D eigenvalue weighted by Gasteiger charge is 2.08. The molecule has 3 aromatic rings. The van der Waals surface area contributed by atoms with Gasteiger partial charge in [0.05, 0.1) is 0 Å². The fraction of sp³-hybridized carbons (Fsp3) is 0. The lowest BCUT2D eigenvalue weighted by Gasteiger charge is -2.08. The van der Waals surface area contributed by atoms with Gasteiger partial charge in [0, 0.05) is 28.0 Å². The van der Waals surface area contributed by atoms with E-state index in [1.54, 1.807) is 36.5 Å². The van der Waals surface area contributed by atoms with E-state index in [1.165, 1.54) is 0 Å². The average molecular weight is 369 g/mol. The molecule has 0 aliphatic heterocycles. The fourth-order valence-corrected chi connectivity index (χ4v) is 2.23. The van der Waals surface area contributed by atoms with Crippen molar-refractivity contribution in [2.75, 3.05) is 5.32 Å². The van der Waals surface area contributed by atoms with Crippen molar-refractivity contribution in [1.29, 1.82) is 0 Å². The van der Waals surface area contributed by atoms with Gasteiger partial charge in [0.1, 0.15) is 5.75 Å². The predicted octanol–water partition coefficient (Wildman–Crippen LogP) is 4.89. The Balaban J connectivity index is 1.73. The monoisotopic (exact) mass is 368 g/mol. The zero-order valence-corrected chi connectivity index (χ0v) is 13.7. The molecule has 4 nitrogen and oxygen atoms in total. The number of hydrogen-bond donors (Lipinski definition) is 1. The van der Waals surface area contributed by atoms with Crippen molar-refractivity contribution in [3.8, 4) is 11.6 Å². The van der Waals surface area contributed by atoms with Crippen LogP contribution in [0.15, 0.2) is 77.4 Å². The van der Waals surface area contributed by atoms with Gasteiger partial charge in [-0.05, 0) is 48.5 Å². The van der Waals surface area contributed by atoms with Gasteiger partial charge in [0.15, 0.2) is 0 Å². The minimum absolute atomic E-state index is 0.196. The number of rotatable bonds is 4. The second-order valence-corrected chi connectivity index (χ2v) is 5.67. The Morgan fingerprint density at radius 2 is 1.83 bits per heavy atom. The number of anilines is 1. The lowest BCUT2D eigenvalue weighted by Crippen LogP contribution is -2.11. The topological polar surface area (TPSA) is 51.2 Å². The first-order valence-corrected chi connectivity index (χ1v) is 7.76. The summed E-state index contributed by atoms with van der Waals surface area (Å²) in [6, 6.07) is 19.8. The first-order valence-electron chi connectivity index (χ1n) is 6.96. The molecule has 0 unspecified atom stereocenters. The van der Waals surface area contributed by atoms with Gasteiger partial charge in [0.2, 0.25) is 5.88 Å². The van der Waals surface area contributed by atoms with E-state index < -0.39 is 0 Å². The highest BCUT2D eigenvalue weighted by Crippen LogP contribution is 2.21. The lowest BCUT2D eigenvalue weighted by atomic mass is 10.2. The van der Waals surface area contributed by atoms with Crippen LogP contribution in [0.3, 0.4) is 0 Å². The number of hydrogen-bond acceptors (Lipinski definition) is 3. The molecule has 5 heteroatoms. The summed E-state index contributed by atoms with van der Waals surface area (Å²) in [6.07, 6.45) is 1.65. The second-order valence-electron chi connectivity index (χ2n) is 4.76.